The molecule has 58 valence electrons. The fraction of sp³-hybridized carbons (Fsp3) is 0.444. The second-order valence-corrected chi connectivity index (χ2v) is 3.27. The Kier molecular flexibility index (Phi) is 1.26. The van der Waals surface area contributed by atoms with Crippen LogP contribution in [0.3, 0.4) is 0 Å². The molecule has 0 aliphatic heterocycles. The van der Waals surface area contributed by atoms with E-state index in [-0.39, 0.29) is 0 Å². The minimum atomic E-state index is -0.561. The van der Waals surface area contributed by atoms with Crippen LogP contribution in [0.5, 0.6) is 0 Å². The van der Waals surface area contributed by atoms with Crippen LogP contribution in [0.15, 0.2) is 24.5 Å². The molecule has 2 nitrogen and oxygen atoms in total. The summed E-state index contributed by atoms with van der Waals surface area (Å²) in [6.07, 6.45) is 4.34. The van der Waals surface area contributed by atoms with E-state index in [2.05, 4.69) is 4.98 Å². The smallest absolute Gasteiger partial charge is 0.0941 e. The largest absolute Gasteiger partial charge is 0.385 e. The van der Waals surface area contributed by atoms with Gasteiger partial charge in [-0.05, 0) is 18.4 Å². The van der Waals surface area contributed by atoms with Crippen LogP contribution in [-0.4, -0.2) is 10.1 Å². The maximum Gasteiger partial charge on any atom is 0.0941 e. The maximum absolute atomic E-state index is 9.83. The standard InChI is InChI=1S/C9H11NO/c1-7-5-9(7,11)8-3-2-4-10-6-8/h2-4,6-7,11H,5H2,1H3. The molecule has 11 heavy (non-hydrogen) atoms. The maximum atomic E-state index is 9.83. The van der Waals surface area contributed by atoms with Crippen molar-refractivity contribution >= 4 is 0 Å². The van der Waals surface area contributed by atoms with Crippen molar-refractivity contribution in [2.75, 3.05) is 0 Å². The molecule has 0 aromatic carbocycles. The van der Waals surface area contributed by atoms with E-state index in [0.717, 1.165) is 12.0 Å². The molecule has 0 spiro atoms. The summed E-state index contributed by atoms with van der Waals surface area (Å²) >= 11 is 0. The fourth-order valence-corrected chi connectivity index (χ4v) is 1.43. The number of nitrogens with zero attached hydrogens (tertiary/aromatic N) is 1. The summed E-state index contributed by atoms with van der Waals surface area (Å²) in [6, 6.07) is 3.79. The van der Waals surface area contributed by atoms with E-state index in [1.54, 1.807) is 12.4 Å². The summed E-state index contributed by atoms with van der Waals surface area (Å²) in [5.41, 5.74) is 0.390. The van der Waals surface area contributed by atoms with Crippen molar-refractivity contribution in [2.24, 2.45) is 5.92 Å². The lowest BCUT2D eigenvalue weighted by Gasteiger charge is -2.07. The van der Waals surface area contributed by atoms with E-state index < -0.39 is 5.60 Å². The van der Waals surface area contributed by atoms with E-state index in [9.17, 15) is 5.11 Å². The van der Waals surface area contributed by atoms with Crippen LogP contribution in [0.1, 0.15) is 18.9 Å². The monoisotopic (exact) mass is 149 g/mol. The Balaban J connectivity index is 2.32. The first kappa shape index (κ1) is 6.80. The van der Waals surface area contributed by atoms with Crippen molar-refractivity contribution in [3.05, 3.63) is 30.1 Å². The SMILES string of the molecule is CC1CC1(O)c1cccnc1. The van der Waals surface area contributed by atoms with E-state index in [0.29, 0.717) is 5.92 Å². The minimum Gasteiger partial charge on any atom is -0.385 e. The van der Waals surface area contributed by atoms with Crippen molar-refractivity contribution in [1.82, 2.24) is 4.98 Å². The molecule has 2 atom stereocenters. The van der Waals surface area contributed by atoms with E-state index in [1.807, 2.05) is 19.1 Å². The van der Waals surface area contributed by atoms with Crippen LogP contribution in [0.25, 0.3) is 0 Å². The molecule has 0 saturated heterocycles. The highest BCUT2D eigenvalue weighted by atomic mass is 16.3. The zero-order valence-corrected chi connectivity index (χ0v) is 6.49. The van der Waals surface area contributed by atoms with Gasteiger partial charge in [-0.3, -0.25) is 4.98 Å². The van der Waals surface area contributed by atoms with Gasteiger partial charge in [-0.1, -0.05) is 13.0 Å². The Hall–Kier alpha value is -0.890. The van der Waals surface area contributed by atoms with Gasteiger partial charge < -0.3 is 5.11 Å². The van der Waals surface area contributed by atoms with Crippen LogP contribution in [-0.2, 0) is 5.60 Å². The molecule has 2 unspecified atom stereocenters. The molecule has 1 fully saturated rings. The lowest BCUT2D eigenvalue weighted by Crippen LogP contribution is -2.07. The van der Waals surface area contributed by atoms with Crippen LogP contribution in [0.4, 0.5) is 0 Å². The summed E-state index contributed by atoms with van der Waals surface area (Å²) in [6.45, 7) is 2.05. The molecule has 1 aliphatic rings. The summed E-state index contributed by atoms with van der Waals surface area (Å²) in [5.74, 6) is 0.395. The Morgan fingerprint density at radius 2 is 2.45 bits per heavy atom. The molecular formula is C9H11NO. The number of hydrogen-bond donors (Lipinski definition) is 1. The van der Waals surface area contributed by atoms with Gasteiger partial charge in [-0.2, -0.15) is 0 Å². The molecule has 0 amide bonds. The van der Waals surface area contributed by atoms with Crippen LogP contribution in [0.2, 0.25) is 0 Å². The van der Waals surface area contributed by atoms with Crippen molar-refractivity contribution in [2.45, 2.75) is 18.9 Å². The first-order chi connectivity index (χ1) is 5.23. The zero-order chi connectivity index (χ0) is 7.90. The van der Waals surface area contributed by atoms with Crippen molar-refractivity contribution < 1.29 is 5.11 Å². The highest BCUT2D eigenvalue weighted by Crippen LogP contribution is 2.50. The van der Waals surface area contributed by atoms with Gasteiger partial charge in [0.25, 0.3) is 0 Å². The number of rotatable bonds is 1. The van der Waals surface area contributed by atoms with E-state index in [4.69, 9.17) is 0 Å². The van der Waals surface area contributed by atoms with Crippen LogP contribution >= 0.6 is 0 Å². The van der Waals surface area contributed by atoms with E-state index >= 15 is 0 Å². The summed E-state index contributed by atoms with van der Waals surface area (Å²) in [7, 11) is 0. The van der Waals surface area contributed by atoms with Gasteiger partial charge in [0.2, 0.25) is 0 Å². The molecular weight excluding hydrogens is 138 g/mol. The third-order valence-electron chi connectivity index (χ3n) is 2.43. The van der Waals surface area contributed by atoms with Crippen LogP contribution < -0.4 is 0 Å². The van der Waals surface area contributed by atoms with Gasteiger partial charge in [-0.25, -0.2) is 0 Å². The quantitative estimate of drug-likeness (QED) is 0.653. The highest BCUT2D eigenvalue weighted by molar-refractivity contribution is 5.25. The number of aliphatic hydroxyl groups is 1. The second kappa shape index (κ2) is 2.05. The minimum absolute atomic E-state index is 0.395. The predicted octanol–water partition coefficient (Wildman–Crippen LogP) is 1.31. The lowest BCUT2D eigenvalue weighted by atomic mass is 10.1. The molecule has 1 aromatic heterocycles. The third kappa shape index (κ3) is 0.942. The molecule has 0 bridgehead atoms. The number of hydrogen-bond acceptors (Lipinski definition) is 2. The molecule has 0 radical (unpaired) electrons. The average Bonchev–Trinajstić information content (AvgIpc) is 2.64. The molecule has 2 rings (SSSR count). The first-order valence-corrected chi connectivity index (χ1v) is 3.86. The normalized spacial score (nSPS) is 35.3. The third-order valence-corrected chi connectivity index (χ3v) is 2.43. The Morgan fingerprint density at radius 1 is 1.73 bits per heavy atom. The predicted molar refractivity (Wildman–Crippen MR) is 41.9 cm³/mol. The molecule has 1 aliphatic carbocycles. The summed E-state index contributed by atoms with van der Waals surface area (Å²) in [4.78, 5) is 3.97. The molecule has 1 heterocycles. The number of pyridine rings is 1. The van der Waals surface area contributed by atoms with Crippen molar-refractivity contribution in [3.63, 3.8) is 0 Å². The molecule has 1 saturated carbocycles. The molecule has 1 aromatic rings. The second-order valence-electron chi connectivity index (χ2n) is 3.27. The van der Waals surface area contributed by atoms with Crippen molar-refractivity contribution in [3.8, 4) is 0 Å². The van der Waals surface area contributed by atoms with Gasteiger partial charge >= 0.3 is 0 Å². The number of aromatic nitrogens is 1. The van der Waals surface area contributed by atoms with E-state index in [1.165, 1.54) is 0 Å². The Labute approximate surface area is 65.9 Å². The van der Waals surface area contributed by atoms with Gasteiger partial charge in [0.1, 0.15) is 0 Å². The average molecular weight is 149 g/mol. The van der Waals surface area contributed by atoms with Gasteiger partial charge in [-0.15, -0.1) is 0 Å². The molecule has 2 heteroatoms. The van der Waals surface area contributed by atoms with Crippen molar-refractivity contribution in [1.29, 1.82) is 0 Å². The van der Waals surface area contributed by atoms with Gasteiger partial charge in [0.05, 0.1) is 5.60 Å². The first-order valence-electron chi connectivity index (χ1n) is 3.86. The van der Waals surface area contributed by atoms with Gasteiger partial charge in [0.15, 0.2) is 0 Å². The summed E-state index contributed by atoms with van der Waals surface area (Å²) in [5, 5.41) is 9.83. The molecule has 1 N–H and O–H groups in total. The summed E-state index contributed by atoms with van der Waals surface area (Å²) < 4.78 is 0. The fourth-order valence-electron chi connectivity index (χ4n) is 1.43. The highest BCUT2D eigenvalue weighted by Gasteiger charge is 2.50. The Morgan fingerprint density at radius 3 is 2.91 bits per heavy atom. The zero-order valence-electron chi connectivity index (χ0n) is 6.49. The van der Waals surface area contributed by atoms with Gasteiger partial charge in [0, 0.05) is 18.0 Å². The lowest BCUT2D eigenvalue weighted by molar-refractivity contribution is 0.134. The topological polar surface area (TPSA) is 33.1 Å². The van der Waals surface area contributed by atoms with Crippen LogP contribution in [0, 0.1) is 5.92 Å². The Bertz CT molecular complexity index is 260.